The Kier molecular flexibility index (Phi) is 4.94. The van der Waals surface area contributed by atoms with Crippen LogP contribution in [0.4, 0.5) is 11.8 Å². The van der Waals surface area contributed by atoms with Gasteiger partial charge in [-0.1, -0.05) is 0 Å². The monoisotopic (exact) mass is 272 g/mol. The largest absolute Gasteiger partial charge is 0.394 e. The van der Waals surface area contributed by atoms with Crippen LogP contribution in [0.1, 0.15) is 0 Å². The minimum absolute atomic E-state index is 0. The first-order valence-corrected chi connectivity index (χ1v) is 5.22. The van der Waals surface area contributed by atoms with Gasteiger partial charge in [-0.3, -0.25) is 4.57 Å². The zero-order valence-electron chi connectivity index (χ0n) is 10.5. The first-order valence-electron chi connectivity index (χ1n) is 5.22. The van der Waals surface area contributed by atoms with Crippen LogP contribution in [-0.4, -0.2) is 49.0 Å². The van der Waals surface area contributed by atoms with Crippen LogP contribution in [0.5, 0.6) is 0 Å². The first-order chi connectivity index (χ1) is 8.65. The van der Waals surface area contributed by atoms with Crippen molar-refractivity contribution in [1.29, 1.82) is 0 Å². The fraction of sp³-hybridized carbons (Fsp3) is 0.444. The number of nitrogens with two attached hydrogens (primary N) is 2. The summed E-state index contributed by atoms with van der Waals surface area (Å²) >= 11 is 0. The summed E-state index contributed by atoms with van der Waals surface area (Å²) in [5.41, 5.74) is 12.0. The summed E-state index contributed by atoms with van der Waals surface area (Å²) in [6, 6.07) is 0. The number of aliphatic hydroxyl groups is 2. The van der Waals surface area contributed by atoms with E-state index in [4.69, 9.17) is 26.4 Å². The predicted octanol–water partition coefficient (Wildman–Crippen LogP) is -1.31. The van der Waals surface area contributed by atoms with E-state index in [2.05, 4.69) is 15.0 Å². The zero-order chi connectivity index (χ0) is 13.1. The topological polar surface area (TPSA) is 182 Å². The number of fused-ring (bicyclic) bond motifs is 1. The molecule has 0 spiro atoms. The van der Waals surface area contributed by atoms with Crippen molar-refractivity contribution >= 4 is 22.9 Å². The molecule has 0 radical (unpaired) electrons. The standard InChI is InChI=1S/C9H14N6O3.H3N/c10-7-6-8(14-9(11)13-7)15(3-12-6)4-18-5(1-16)2-17;/h3,5,16-17H,1-2,4H2,(H4,10,11,13,14);1H3/p+1. The molecule has 0 bridgehead atoms. The average molecular weight is 272 g/mol. The molecule has 0 fully saturated rings. The number of nitrogen functional groups attached to an aromatic ring is 2. The van der Waals surface area contributed by atoms with Gasteiger partial charge in [0.15, 0.2) is 11.5 Å². The van der Waals surface area contributed by atoms with Gasteiger partial charge >= 0.3 is 0 Å². The minimum Gasteiger partial charge on any atom is -0.394 e. The van der Waals surface area contributed by atoms with Crippen LogP contribution >= 0.6 is 0 Å². The van der Waals surface area contributed by atoms with Crippen molar-refractivity contribution in [2.45, 2.75) is 12.8 Å². The number of ether oxygens (including phenoxy) is 1. The fourth-order valence-electron chi connectivity index (χ4n) is 1.43. The van der Waals surface area contributed by atoms with Crippen molar-refractivity contribution in [1.82, 2.24) is 25.7 Å². The van der Waals surface area contributed by atoms with Crippen molar-refractivity contribution < 1.29 is 14.9 Å². The number of quaternary nitrogens is 1. The maximum absolute atomic E-state index is 8.88. The van der Waals surface area contributed by atoms with Gasteiger partial charge in [0, 0.05) is 0 Å². The highest BCUT2D eigenvalue weighted by atomic mass is 16.5. The highest BCUT2D eigenvalue weighted by molar-refractivity contribution is 5.82. The highest BCUT2D eigenvalue weighted by Crippen LogP contribution is 2.16. The Labute approximate surface area is 108 Å². The van der Waals surface area contributed by atoms with Gasteiger partial charge in [0.2, 0.25) is 5.95 Å². The van der Waals surface area contributed by atoms with Crippen LogP contribution in [0.15, 0.2) is 6.33 Å². The summed E-state index contributed by atoms with van der Waals surface area (Å²) in [7, 11) is 0. The molecule has 0 aliphatic heterocycles. The van der Waals surface area contributed by atoms with Gasteiger partial charge in [-0.2, -0.15) is 9.97 Å². The summed E-state index contributed by atoms with van der Waals surface area (Å²) in [6.07, 6.45) is 0.819. The van der Waals surface area contributed by atoms with Crippen molar-refractivity contribution in [2.75, 3.05) is 24.7 Å². The van der Waals surface area contributed by atoms with Crippen molar-refractivity contribution in [3.05, 3.63) is 6.33 Å². The van der Waals surface area contributed by atoms with Crippen molar-refractivity contribution in [2.24, 2.45) is 0 Å². The van der Waals surface area contributed by atoms with E-state index in [0.717, 1.165) is 0 Å². The van der Waals surface area contributed by atoms with Gasteiger partial charge in [0.05, 0.1) is 19.5 Å². The number of rotatable bonds is 5. The Morgan fingerprint density at radius 1 is 1.26 bits per heavy atom. The van der Waals surface area contributed by atoms with E-state index in [1.54, 1.807) is 4.57 Å². The summed E-state index contributed by atoms with van der Waals surface area (Å²) in [5.74, 6) is 0.236. The van der Waals surface area contributed by atoms with Crippen LogP contribution < -0.4 is 17.6 Å². The second-order valence-corrected chi connectivity index (χ2v) is 3.64. The molecular formula is C9H18N7O3+. The molecule has 0 saturated heterocycles. The minimum atomic E-state index is -0.654. The fourth-order valence-corrected chi connectivity index (χ4v) is 1.43. The molecule has 2 rings (SSSR count). The van der Waals surface area contributed by atoms with Crippen LogP contribution in [-0.2, 0) is 11.5 Å². The third kappa shape index (κ3) is 3.06. The molecule has 10 heteroatoms. The molecule has 0 atom stereocenters. The maximum atomic E-state index is 8.88. The van der Waals surface area contributed by atoms with E-state index in [9.17, 15) is 0 Å². The third-order valence-corrected chi connectivity index (χ3v) is 2.36. The van der Waals surface area contributed by atoms with Gasteiger partial charge in [0.1, 0.15) is 18.4 Å². The van der Waals surface area contributed by atoms with E-state index in [1.165, 1.54) is 6.33 Å². The predicted molar refractivity (Wildman–Crippen MR) is 69.2 cm³/mol. The molecule has 0 amide bonds. The van der Waals surface area contributed by atoms with Crippen LogP contribution in [0.3, 0.4) is 0 Å². The van der Waals surface area contributed by atoms with Gasteiger partial charge in [-0.25, -0.2) is 4.98 Å². The van der Waals surface area contributed by atoms with Crippen LogP contribution in [0.25, 0.3) is 11.2 Å². The number of anilines is 2. The van der Waals surface area contributed by atoms with E-state index in [1.807, 2.05) is 0 Å². The maximum Gasteiger partial charge on any atom is 0.224 e. The lowest BCUT2D eigenvalue weighted by Crippen LogP contribution is -2.23. The quantitative estimate of drug-likeness (QED) is 0.444. The lowest BCUT2D eigenvalue weighted by molar-refractivity contribution is -0.0488. The molecule has 10 nitrogen and oxygen atoms in total. The molecule has 19 heavy (non-hydrogen) atoms. The van der Waals surface area contributed by atoms with Gasteiger partial charge in [0.25, 0.3) is 0 Å². The Morgan fingerprint density at radius 3 is 2.58 bits per heavy atom. The molecule has 10 N–H and O–H groups in total. The SMILES string of the molecule is Nc1nc(N)c2ncn(COC(CO)CO)c2n1.[NH4+]. The van der Waals surface area contributed by atoms with Crippen molar-refractivity contribution in [3.8, 4) is 0 Å². The lowest BCUT2D eigenvalue weighted by atomic mass is 10.4. The Hall–Kier alpha value is -2.01. The Morgan fingerprint density at radius 2 is 1.95 bits per heavy atom. The van der Waals surface area contributed by atoms with Gasteiger partial charge in [-0.15, -0.1) is 0 Å². The Balaban J connectivity index is 0.00000180. The zero-order valence-corrected chi connectivity index (χ0v) is 10.5. The number of imidazole rings is 1. The molecule has 0 aromatic carbocycles. The second-order valence-electron chi connectivity index (χ2n) is 3.64. The van der Waals surface area contributed by atoms with Gasteiger partial charge in [-0.05, 0) is 0 Å². The third-order valence-electron chi connectivity index (χ3n) is 2.36. The molecule has 0 saturated carbocycles. The average Bonchev–Trinajstić information content (AvgIpc) is 2.74. The molecule has 2 heterocycles. The molecule has 0 unspecified atom stereocenters. The Bertz CT molecular complexity index is 540. The van der Waals surface area contributed by atoms with Crippen LogP contribution in [0.2, 0.25) is 0 Å². The number of aromatic nitrogens is 4. The van der Waals surface area contributed by atoms with E-state index in [-0.39, 0.29) is 37.9 Å². The lowest BCUT2D eigenvalue weighted by Gasteiger charge is -2.12. The molecule has 106 valence electrons. The summed E-state index contributed by atoms with van der Waals surface area (Å²) in [4.78, 5) is 11.8. The van der Waals surface area contributed by atoms with E-state index >= 15 is 0 Å². The second kappa shape index (κ2) is 6.24. The summed E-state index contributed by atoms with van der Waals surface area (Å²) in [6.45, 7) is -0.483. The number of hydrogen-bond donors (Lipinski definition) is 5. The normalized spacial score (nSPS) is 10.9. The van der Waals surface area contributed by atoms with E-state index < -0.39 is 6.10 Å². The molecule has 2 aromatic heterocycles. The number of nitrogens with zero attached hydrogens (tertiary/aromatic N) is 4. The van der Waals surface area contributed by atoms with Gasteiger partial charge < -0.3 is 32.6 Å². The molecule has 0 aliphatic rings. The summed E-state index contributed by atoms with van der Waals surface area (Å²) in [5, 5.41) is 17.8. The number of aliphatic hydroxyl groups excluding tert-OH is 2. The number of hydrogen-bond acceptors (Lipinski definition) is 8. The smallest absolute Gasteiger partial charge is 0.224 e. The van der Waals surface area contributed by atoms with Crippen LogP contribution in [0, 0.1) is 0 Å². The molecule has 2 aromatic rings. The molecule has 0 aliphatic carbocycles. The van der Waals surface area contributed by atoms with E-state index in [0.29, 0.717) is 11.2 Å². The van der Waals surface area contributed by atoms with Crippen molar-refractivity contribution in [3.63, 3.8) is 0 Å². The molecular weight excluding hydrogens is 254 g/mol. The highest BCUT2D eigenvalue weighted by Gasteiger charge is 2.12. The summed E-state index contributed by atoms with van der Waals surface area (Å²) < 4.78 is 6.81. The first kappa shape index (κ1) is 15.0.